The molecule has 4 rings (SSSR count). The first kappa shape index (κ1) is 13.6. The lowest BCUT2D eigenvalue weighted by Crippen LogP contribution is -2.46. The molecule has 1 aliphatic heterocycles. The summed E-state index contributed by atoms with van der Waals surface area (Å²) in [4.78, 5) is 13.8. The lowest BCUT2D eigenvalue weighted by atomic mass is 10.3. The normalized spacial score (nSPS) is 16.5. The average Bonchev–Trinajstić information content (AvgIpc) is 3.16. The first-order valence-corrected chi connectivity index (χ1v) is 8.20. The summed E-state index contributed by atoms with van der Waals surface area (Å²) in [5.41, 5.74) is 2.00. The number of fused-ring (bicyclic) bond motifs is 1. The summed E-state index contributed by atoms with van der Waals surface area (Å²) in [6.07, 6.45) is 5.39. The lowest BCUT2D eigenvalue weighted by Gasteiger charge is -2.34. The number of aryl methyl sites for hydroxylation is 1. The molecule has 0 amide bonds. The number of piperazine rings is 1. The summed E-state index contributed by atoms with van der Waals surface area (Å²) in [5, 5.41) is 11.4. The molecule has 0 radical (unpaired) electrons. The molecule has 0 unspecified atom stereocenters. The van der Waals surface area contributed by atoms with Crippen molar-refractivity contribution >= 4 is 22.8 Å². The Morgan fingerprint density at radius 1 is 1.23 bits per heavy atom. The first-order chi connectivity index (χ1) is 10.8. The quantitative estimate of drug-likeness (QED) is 0.724. The van der Waals surface area contributed by atoms with Gasteiger partial charge in [0.2, 0.25) is 5.65 Å². The molecule has 22 heavy (non-hydrogen) atoms. The molecule has 8 heteroatoms. The Morgan fingerprint density at radius 2 is 2.09 bits per heavy atom. The lowest BCUT2D eigenvalue weighted by molar-refractivity contribution is 0.247. The largest absolute Gasteiger partial charge is 0.351 e. The van der Waals surface area contributed by atoms with E-state index in [0.29, 0.717) is 0 Å². The van der Waals surface area contributed by atoms with Crippen molar-refractivity contribution in [2.24, 2.45) is 0 Å². The number of thiazole rings is 1. The fourth-order valence-corrected chi connectivity index (χ4v) is 3.40. The molecule has 0 aliphatic carbocycles. The Balaban J connectivity index is 1.44. The van der Waals surface area contributed by atoms with E-state index in [4.69, 9.17) is 0 Å². The molecule has 0 atom stereocenters. The summed E-state index contributed by atoms with van der Waals surface area (Å²) >= 11 is 1.72. The highest BCUT2D eigenvalue weighted by atomic mass is 32.1. The highest BCUT2D eigenvalue weighted by molar-refractivity contribution is 7.09. The predicted octanol–water partition coefficient (Wildman–Crippen LogP) is 1.21. The van der Waals surface area contributed by atoms with Crippen LogP contribution in [-0.2, 0) is 6.54 Å². The maximum atomic E-state index is 4.55. The molecular formula is C14H17N7S. The van der Waals surface area contributed by atoms with Crippen molar-refractivity contribution in [3.05, 3.63) is 34.8 Å². The second kappa shape index (κ2) is 5.62. The predicted molar refractivity (Wildman–Crippen MR) is 85.1 cm³/mol. The molecule has 3 aromatic heterocycles. The summed E-state index contributed by atoms with van der Waals surface area (Å²) in [7, 11) is 0. The second-order valence-corrected chi connectivity index (χ2v) is 6.50. The SMILES string of the molecule is Cc1nc(CN2CCN(c3nccn4cnnc34)CC2)cs1. The summed E-state index contributed by atoms with van der Waals surface area (Å²) in [6.45, 7) is 6.89. The zero-order valence-corrected chi connectivity index (χ0v) is 13.2. The van der Waals surface area contributed by atoms with Crippen LogP contribution in [0.5, 0.6) is 0 Å². The van der Waals surface area contributed by atoms with E-state index in [1.165, 1.54) is 5.69 Å². The van der Waals surface area contributed by atoms with Crippen LogP contribution in [0.25, 0.3) is 5.65 Å². The van der Waals surface area contributed by atoms with Crippen molar-refractivity contribution in [3.8, 4) is 0 Å². The van der Waals surface area contributed by atoms with Gasteiger partial charge < -0.3 is 4.90 Å². The van der Waals surface area contributed by atoms with Crippen LogP contribution in [0.15, 0.2) is 24.1 Å². The van der Waals surface area contributed by atoms with Crippen molar-refractivity contribution < 1.29 is 0 Å². The second-order valence-electron chi connectivity index (χ2n) is 5.43. The van der Waals surface area contributed by atoms with Crippen LogP contribution < -0.4 is 4.90 Å². The third-order valence-electron chi connectivity index (χ3n) is 3.92. The zero-order chi connectivity index (χ0) is 14.9. The van der Waals surface area contributed by atoms with E-state index in [9.17, 15) is 0 Å². The summed E-state index contributed by atoms with van der Waals surface area (Å²) in [5.74, 6) is 0.921. The smallest absolute Gasteiger partial charge is 0.203 e. The van der Waals surface area contributed by atoms with Gasteiger partial charge in [-0.2, -0.15) is 0 Å². The van der Waals surface area contributed by atoms with Gasteiger partial charge in [-0.15, -0.1) is 21.5 Å². The van der Waals surface area contributed by atoms with E-state index in [-0.39, 0.29) is 0 Å². The van der Waals surface area contributed by atoms with Crippen LogP contribution in [0.1, 0.15) is 10.7 Å². The maximum Gasteiger partial charge on any atom is 0.203 e. The number of anilines is 1. The molecule has 1 aliphatic rings. The van der Waals surface area contributed by atoms with Gasteiger partial charge in [-0.1, -0.05) is 0 Å². The zero-order valence-electron chi connectivity index (χ0n) is 12.4. The minimum absolute atomic E-state index is 0.825. The van der Waals surface area contributed by atoms with Crippen LogP contribution >= 0.6 is 11.3 Å². The van der Waals surface area contributed by atoms with Crippen molar-refractivity contribution in [3.63, 3.8) is 0 Å². The minimum Gasteiger partial charge on any atom is -0.351 e. The number of aromatic nitrogens is 5. The van der Waals surface area contributed by atoms with Gasteiger partial charge in [-0.3, -0.25) is 9.30 Å². The Hall–Kier alpha value is -2.06. The van der Waals surface area contributed by atoms with Gasteiger partial charge in [0.05, 0.1) is 10.7 Å². The molecule has 3 aromatic rings. The maximum absolute atomic E-state index is 4.55. The van der Waals surface area contributed by atoms with Gasteiger partial charge in [0.15, 0.2) is 5.82 Å². The number of hydrogen-bond donors (Lipinski definition) is 0. The number of hydrogen-bond acceptors (Lipinski definition) is 7. The number of nitrogens with zero attached hydrogens (tertiary/aromatic N) is 7. The average molecular weight is 315 g/mol. The van der Waals surface area contributed by atoms with E-state index < -0.39 is 0 Å². The fraction of sp³-hybridized carbons (Fsp3) is 0.429. The molecule has 0 spiro atoms. The van der Waals surface area contributed by atoms with E-state index in [2.05, 4.69) is 42.3 Å². The molecule has 114 valence electrons. The van der Waals surface area contributed by atoms with Crippen molar-refractivity contribution in [1.82, 2.24) is 29.5 Å². The molecule has 0 aromatic carbocycles. The van der Waals surface area contributed by atoms with Crippen molar-refractivity contribution in [2.45, 2.75) is 13.5 Å². The molecule has 4 heterocycles. The van der Waals surface area contributed by atoms with Crippen LogP contribution in [0, 0.1) is 6.92 Å². The highest BCUT2D eigenvalue weighted by Crippen LogP contribution is 2.19. The van der Waals surface area contributed by atoms with E-state index in [1.807, 2.05) is 10.6 Å². The van der Waals surface area contributed by atoms with Crippen LogP contribution in [0.2, 0.25) is 0 Å². The number of rotatable bonds is 3. The first-order valence-electron chi connectivity index (χ1n) is 7.32. The topological polar surface area (TPSA) is 62.5 Å². The van der Waals surface area contributed by atoms with Gasteiger partial charge in [0.25, 0.3) is 0 Å². The van der Waals surface area contributed by atoms with E-state index in [1.54, 1.807) is 23.9 Å². The van der Waals surface area contributed by atoms with Gasteiger partial charge in [-0.05, 0) is 6.92 Å². The highest BCUT2D eigenvalue weighted by Gasteiger charge is 2.21. The molecule has 0 bridgehead atoms. The fourth-order valence-electron chi connectivity index (χ4n) is 2.80. The molecule has 0 N–H and O–H groups in total. The van der Waals surface area contributed by atoms with E-state index >= 15 is 0 Å². The van der Waals surface area contributed by atoms with Crippen LogP contribution in [0.4, 0.5) is 5.82 Å². The molecule has 0 saturated carbocycles. The monoisotopic (exact) mass is 315 g/mol. The summed E-state index contributed by atoms with van der Waals surface area (Å²) in [6, 6.07) is 0. The van der Waals surface area contributed by atoms with Crippen LogP contribution in [0.3, 0.4) is 0 Å². The standard InChI is InChI=1S/C14H17N7S/c1-11-17-12(9-22-11)8-19-4-6-20(7-5-19)13-14-18-16-10-21(14)3-2-15-13/h2-3,9-10H,4-8H2,1H3. The third kappa shape index (κ3) is 2.55. The van der Waals surface area contributed by atoms with Crippen molar-refractivity contribution in [1.29, 1.82) is 0 Å². The van der Waals surface area contributed by atoms with Gasteiger partial charge in [0, 0.05) is 50.5 Å². The Bertz CT molecular complexity index is 772. The molecule has 1 saturated heterocycles. The van der Waals surface area contributed by atoms with Gasteiger partial charge in [-0.25, -0.2) is 9.97 Å². The Kier molecular flexibility index (Phi) is 3.47. The Morgan fingerprint density at radius 3 is 2.86 bits per heavy atom. The molecule has 7 nitrogen and oxygen atoms in total. The van der Waals surface area contributed by atoms with Gasteiger partial charge in [0.1, 0.15) is 6.33 Å². The van der Waals surface area contributed by atoms with Crippen LogP contribution in [-0.4, -0.2) is 55.6 Å². The Labute approximate surface area is 132 Å². The molecule has 1 fully saturated rings. The van der Waals surface area contributed by atoms with Crippen molar-refractivity contribution in [2.75, 3.05) is 31.1 Å². The minimum atomic E-state index is 0.825. The van der Waals surface area contributed by atoms with E-state index in [0.717, 1.165) is 49.2 Å². The van der Waals surface area contributed by atoms with Gasteiger partial charge >= 0.3 is 0 Å². The summed E-state index contributed by atoms with van der Waals surface area (Å²) < 4.78 is 1.91. The molecular weight excluding hydrogens is 298 g/mol. The third-order valence-corrected chi connectivity index (χ3v) is 4.74.